The number of amides is 2. The summed E-state index contributed by atoms with van der Waals surface area (Å²) >= 11 is 0. The van der Waals surface area contributed by atoms with Crippen LogP contribution in [0.2, 0.25) is 0 Å². The van der Waals surface area contributed by atoms with Crippen LogP contribution in [0.15, 0.2) is 24.3 Å². The van der Waals surface area contributed by atoms with Gasteiger partial charge in [0.25, 0.3) is 0 Å². The number of nitrogens with two attached hydrogens (primary N) is 1. The lowest BCUT2D eigenvalue weighted by molar-refractivity contribution is -0.0373. The zero-order valence-electron chi connectivity index (χ0n) is 12.6. The van der Waals surface area contributed by atoms with Crippen LogP contribution < -0.4 is 10.5 Å². The molecule has 1 unspecified atom stereocenters. The van der Waals surface area contributed by atoms with E-state index in [-0.39, 0.29) is 24.6 Å². The Bertz CT molecular complexity index is 582. The van der Waals surface area contributed by atoms with Gasteiger partial charge in [0.05, 0.1) is 12.6 Å². The van der Waals surface area contributed by atoms with Crippen LogP contribution in [0.4, 0.5) is 9.18 Å². The van der Waals surface area contributed by atoms with E-state index in [1.54, 1.807) is 12.1 Å². The predicted octanol–water partition coefficient (Wildman–Crippen LogP) is 1.92. The van der Waals surface area contributed by atoms with Gasteiger partial charge in [-0.3, -0.25) is 5.21 Å². The minimum Gasteiger partial charge on any atom is -0.491 e. The second kappa shape index (κ2) is 8.36. The molecular formula is C16H19FN2O4. The van der Waals surface area contributed by atoms with Crippen molar-refractivity contribution < 1.29 is 23.9 Å². The number of carbonyl (C=O) groups excluding carboxylic acids is 1. The molecule has 7 heteroatoms. The first kappa shape index (κ1) is 17.1. The van der Waals surface area contributed by atoms with E-state index in [0.29, 0.717) is 23.8 Å². The van der Waals surface area contributed by atoms with Crippen LogP contribution in [0, 0.1) is 17.7 Å². The lowest BCUT2D eigenvalue weighted by Gasteiger charge is -2.12. The highest BCUT2D eigenvalue weighted by Crippen LogP contribution is 2.20. The second-order valence-corrected chi connectivity index (χ2v) is 5.12. The number of rotatable bonds is 5. The molecule has 6 nitrogen and oxygen atoms in total. The van der Waals surface area contributed by atoms with Gasteiger partial charge in [-0.25, -0.2) is 14.2 Å². The molecule has 1 saturated heterocycles. The molecule has 2 atom stereocenters. The Kier molecular flexibility index (Phi) is 6.20. The summed E-state index contributed by atoms with van der Waals surface area (Å²) in [6.45, 7) is 0.446. The minimum absolute atomic E-state index is 0.0562. The molecule has 3 N–H and O–H groups in total. The Labute approximate surface area is 133 Å². The Morgan fingerprint density at radius 3 is 2.87 bits per heavy atom. The monoisotopic (exact) mass is 322 g/mol. The molecule has 1 aliphatic heterocycles. The molecule has 0 saturated carbocycles. The van der Waals surface area contributed by atoms with E-state index < -0.39 is 6.03 Å². The van der Waals surface area contributed by atoms with Gasteiger partial charge in [-0.05, 0) is 37.1 Å². The van der Waals surface area contributed by atoms with Crippen LogP contribution >= 0.6 is 0 Å². The Balaban J connectivity index is 1.68. The maximum atomic E-state index is 12.8. The molecule has 2 rings (SSSR count). The number of urea groups is 1. The fraction of sp³-hybridized carbons (Fsp3) is 0.438. The lowest BCUT2D eigenvalue weighted by atomic mass is 10.2. The number of ether oxygens (including phenoxy) is 2. The summed E-state index contributed by atoms with van der Waals surface area (Å²) in [5.74, 6) is 6.08. The maximum Gasteiger partial charge on any atom is 0.338 e. The first-order valence-corrected chi connectivity index (χ1v) is 7.32. The van der Waals surface area contributed by atoms with Gasteiger partial charge in [0.2, 0.25) is 0 Å². The minimum atomic E-state index is -0.901. The molecule has 0 spiro atoms. The molecule has 1 aromatic rings. The van der Waals surface area contributed by atoms with Crippen molar-refractivity contribution in [3.05, 3.63) is 30.1 Å². The fourth-order valence-corrected chi connectivity index (χ4v) is 2.11. The molecule has 1 aromatic carbocycles. The maximum absolute atomic E-state index is 12.8. The topological polar surface area (TPSA) is 85.0 Å². The molecule has 0 radical (unpaired) electrons. The molecule has 1 aliphatic rings. The van der Waals surface area contributed by atoms with E-state index in [0.717, 1.165) is 12.8 Å². The molecule has 0 aliphatic carbocycles. The number of nitrogens with zero attached hydrogens (tertiary/aromatic N) is 1. The Hall–Kier alpha value is -2.30. The molecule has 1 heterocycles. The van der Waals surface area contributed by atoms with Crippen molar-refractivity contribution in [1.29, 1.82) is 0 Å². The normalized spacial score (nSPS) is 19.7. The van der Waals surface area contributed by atoms with Crippen LogP contribution in [0.5, 0.6) is 5.75 Å². The quantitative estimate of drug-likeness (QED) is 0.493. The van der Waals surface area contributed by atoms with Crippen molar-refractivity contribution in [2.24, 2.45) is 5.73 Å². The Morgan fingerprint density at radius 1 is 1.43 bits per heavy atom. The largest absolute Gasteiger partial charge is 0.491 e. The van der Waals surface area contributed by atoms with Gasteiger partial charge in [-0.15, -0.1) is 0 Å². The second-order valence-electron chi connectivity index (χ2n) is 5.12. The SMILES string of the molecule is NC(=O)N(O)CCC#C[C@@H]1CCC(COc2ccc(F)cc2)O1. The van der Waals surface area contributed by atoms with E-state index in [2.05, 4.69) is 11.8 Å². The zero-order valence-corrected chi connectivity index (χ0v) is 12.6. The first-order valence-electron chi connectivity index (χ1n) is 7.32. The van der Waals surface area contributed by atoms with Gasteiger partial charge in [-0.1, -0.05) is 11.8 Å². The summed E-state index contributed by atoms with van der Waals surface area (Å²) in [6, 6.07) is 4.93. The molecule has 124 valence electrons. The van der Waals surface area contributed by atoms with Crippen molar-refractivity contribution in [3.8, 4) is 17.6 Å². The first-order chi connectivity index (χ1) is 11.0. The number of halogens is 1. The molecule has 0 bridgehead atoms. The van der Waals surface area contributed by atoms with Crippen molar-refractivity contribution in [3.63, 3.8) is 0 Å². The number of hydroxylamine groups is 2. The fourth-order valence-electron chi connectivity index (χ4n) is 2.11. The van der Waals surface area contributed by atoms with E-state index in [1.807, 2.05) is 0 Å². The average molecular weight is 322 g/mol. The molecule has 1 fully saturated rings. The van der Waals surface area contributed by atoms with Crippen molar-refractivity contribution >= 4 is 6.03 Å². The van der Waals surface area contributed by atoms with Crippen LogP contribution in [0.1, 0.15) is 19.3 Å². The molecule has 0 aromatic heterocycles. The van der Waals surface area contributed by atoms with Gasteiger partial charge in [-0.2, -0.15) is 0 Å². The smallest absolute Gasteiger partial charge is 0.338 e. The van der Waals surface area contributed by atoms with Gasteiger partial charge in [0.15, 0.2) is 0 Å². The van der Waals surface area contributed by atoms with Crippen LogP contribution in [0.25, 0.3) is 0 Å². The van der Waals surface area contributed by atoms with Gasteiger partial charge < -0.3 is 15.2 Å². The lowest BCUT2D eigenvalue weighted by Crippen LogP contribution is -2.33. The van der Waals surface area contributed by atoms with Crippen molar-refractivity contribution in [2.45, 2.75) is 31.5 Å². The summed E-state index contributed by atoms with van der Waals surface area (Å²) in [5.41, 5.74) is 4.88. The summed E-state index contributed by atoms with van der Waals surface area (Å²) in [6.07, 6.45) is 1.70. The number of benzene rings is 1. The van der Waals surface area contributed by atoms with Crippen LogP contribution in [-0.4, -0.2) is 41.7 Å². The summed E-state index contributed by atoms with van der Waals surface area (Å²) in [4.78, 5) is 10.6. The van der Waals surface area contributed by atoms with Crippen LogP contribution in [-0.2, 0) is 4.74 Å². The third kappa shape index (κ3) is 5.77. The number of primary amides is 1. The summed E-state index contributed by atoms with van der Waals surface area (Å²) in [7, 11) is 0. The highest BCUT2D eigenvalue weighted by atomic mass is 19.1. The average Bonchev–Trinajstić information content (AvgIpc) is 2.98. The predicted molar refractivity (Wildman–Crippen MR) is 80.3 cm³/mol. The Morgan fingerprint density at radius 2 is 2.17 bits per heavy atom. The van der Waals surface area contributed by atoms with Gasteiger partial charge in [0, 0.05) is 6.42 Å². The van der Waals surface area contributed by atoms with Crippen LogP contribution in [0.3, 0.4) is 0 Å². The summed E-state index contributed by atoms with van der Waals surface area (Å²) < 4.78 is 24.0. The van der Waals surface area contributed by atoms with E-state index in [4.69, 9.17) is 20.4 Å². The molecular weight excluding hydrogens is 303 g/mol. The standard InChI is InChI=1S/C16H19FN2O4/c17-12-4-6-13(7-5-12)22-11-15-9-8-14(23-15)3-1-2-10-19(21)16(18)20/h4-7,14-15,21H,2,8-11H2,(H2,18,20)/t14-,15?/m1/s1. The highest BCUT2D eigenvalue weighted by molar-refractivity contribution is 5.70. The van der Waals surface area contributed by atoms with Crippen molar-refractivity contribution in [1.82, 2.24) is 5.06 Å². The number of carbonyl (C=O) groups is 1. The van der Waals surface area contributed by atoms with E-state index >= 15 is 0 Å². The van der Waals surface area contributed by atoms with Crippen molar-refractivity contribution in [2.75, 3.05) is 13.2 Å². The van der Waals surface area contributed by atoms with E-state index in [9.17, 15) is 9.18 Å². The number of hydrogen-bond donors (Lipinski definition) is 2. The van der Waals surface area contributed by atoms with Gasteiger partial charge in [0.1, 0.15) is 24.3 Å². The third-order valence-electron chi connectivity index (χ3n) is 3.32. The summed E-state index contributed by atoms with van der Waals surface area (Å²) in [5, 5.41) is 9.50. The number of hydrogen-bond acceptors (Lipinski definition) is 4. The third-order valence-corrected chi connectivity index (χ3v) is 3.32. The van der Waals surface area contributed by atoms with Gasteiger partial charge >= 0.3 is 6.03 Å². The highest BCUT2D eigenvalue weighted by Gasteiger charge is 2.24. The van der Waals surface area contributed by atoms with E-state index in [1.165, 1.54) is 12.1 Å². The molecule has 2 amide bonds. The zero-order chi connectivity index (χ0) is 16.7. The molecule has 23 heavy (non-hydrogen) atoms.